The van der Waals surface area contributed by atoms with Crippen molar-refractivity contribution in [3.05, 3.63) is 0 Å². The highest BCUT2D eigenvalue weighted by atomic mass is 16.5. The predicted octanol–water partition coefficient (Wildman–Crippen LogP) is 4.66. The third-order valence-corrected chi connectivity index (χ3v) is 4.71. The lowest BCUT2D eigenvalue weighted by Gasteiger charge is -2.37. The molecule has 0 aliphatic carbocycles. The fourth-order valence-electron chi connectivity index (χ4n) is 3.35. The average molecular weight is 329 g/mol. The first-order valence-electron chi connectivity index (χ1n) is 10.3. The number of unbranched alkanes of at least 4 members (excludes halogenated alkanes) is 2. The average Bonchev–Trinajstić information content (AvgIpc) is 2.61. The van der Waals surface area contributed by atoms with E-state index >= 15 is 0 Å². The Hall–Kier alpha value is -0.120. The van der Waals surface area contributed by atoms with Gasteiger partial charge in [-0.05, 0) is 45.3 Å². The van der Waals surface area contributed by atoms with E-state index in [1.54, 1.807) is 0 Å². The zero-order chi connectivity index (χ0) is 17.5. The molecule has 0 amide bonds. The molecule has 2 saturated heterocycles. The van der Waals surface area contributed by atoms with Crippen molar-refractivity contribution in [1.82, 2.24) is 9.80 Å². The Balaban J connectivity index is 0.00000112. The van der Waals surface area contributed by atoms with E-state index in [0.717, 1.165) is 19.1 Å². The maximum absolute atomic E-state index is 5.91. The van der Waals surface area contributed by atoms with Crippen LogP contribution in [0.5, 0.6) is 0 Å². The van der Waals surface area contributed by atoms with E-state index in [9.17, 15) is 0 Å². The van der Waals surface area contributed by atoms with Gasteiger partial charge in [0.2, 0.25) is 0 Å². The van der Waals surface area contributed by atoms with Crippen LogP contribution in [0.3, 0.4) is 0 Å². The van der Waals surface area contributed by atoms with Crippen molar-refractivity contribution < 1.29 is 4.74 Å². The molecule has 2 fully saturated rings. The highest BCUT2D eigenvalue weighted by Crippen LogP contribution is 2.20. The van der Waals surface area contributed by atoms with Crippen molar-refractivity contribution in [2.75, 3.05) is 46.4 Å². The van der Waals surface area contributed by atoms with Gasteiger partial charge in [0.05, 0.1) is 12.7 Å². The van der Waals surface area contributed by atoms with E-state index in [1.807, 2.05) is 27.7 Å². The molecule has 2 aliphatic heterocycles. The van der Waals surface area contributed by atoms with Crippen LogP contribution in [0.4, 0.5) is 0 Å². The summed E-state index contributed by atoms with van der Waals surface area (Å²) < 4.78 is 5.91. The molecule has 1 atom stereocenters. The van der Waals surface area contributed by atoms with Gasteiger partial charge in [-0.3, -0.25) is 4.90 Å². The normalized spacial score (nSPS) is 23.5. The molecule has 0 N–H and O–H groups in total. The lowest BCUT2D eigenvalue weighted by atomic mass is 9.96. The zero-order valence-corrected chi connectivity index (χ0v) is 16.9. The van der Waals surface area contributed by atoms with E-state index in [1.165, 1.54) is 64.7 Å². The van der Waals surface area contributed by atoms with Gasteiger partial charge in [-0.2, -0.15) is 0 Å². The van der Waals surface area contributed by atoms with Gasteiger partial charge >= 0.3 is 0 Å². The lowest BCUT2D eigenvalue weighted by Crippen LogP contribution is -2.45. The summed E-state index contributed by atoms with van der Waals surface area (Å²) in [6.45, 7) is 17.4. The lowest BCUT2D eigenvalue weighted by molar-refractivity contribution is -0.0394. The number of nitrogens with zero attached hydrogens (tertiary/aromatic N) is 2. The smallest absolute Gasteiger partial charge is 0.0702 e. The Kier molecular flexibility index (Phi) is 15.3. The van der Waals surface area contributed by atoms with Crippen molar-refractivity contribution in [3.63, 3.8) is 0 Å². The number of hydrogen-bond acceptors (Lipinski definition) is 3. The fourth-order valence-corrected chi connectivity index (χ4v) is 3.35. The molecule has 0 unspecified atom stereocenters. The Morgan fingerprint density at radius 2 is 1.61 bits per heavy atom. The van der Waals surface area contributed by atoms with E-state index < -0.39 is 0 Å². The number of piperidine rings is 1. The first kappa shape index (κ1) is 22.9. The van der Waals surface area contributed by atoms with Crippen LogP contribution in [0.1, 0.15) is 73.1 Å². The minimum atomic E-state index is 0.506. The molecule has 2 heterocycles. The largest absolute Gasteiger partial charge is 0.376 e. The summed E-state index contributed by atoms with van der Waals surface area (Å²) in [7, 11) is 2.24. The summed E-state index contributed by atoms with van der Waals surface area (Å²) in [4.78, 5) is 5.12. The van der Waals surface area contributed by atoms with Crippen molar-refractivity contribution in [3.8, 4) is 0 Å². The van der Waals surface area contributed by atoms with Crippen LogP contribution in [0.15, 0.2) is 0 Å². The molecule has 0 aromatic rings. The van der Waals surface area contributed by atoms with E-state index in [0.29, 0.717) is 6.10 Å². The number of likely N-dealkylation sites (tertiary alicyclic amines) is 1. The zero-order valence-electron chi connectivity index (χ0n) is 16.9. The summed E-state index contributed by atoms with van der Waals surface area (Å²) in [5.74, 6) is 0.922. The van der Waals surface area contributed by atoms with Crippen LogP contribution in [-0.2, 0) is 4.74 Å². The van der Waals surface area contributed by atoms with Crippen molar-refractivity contribution in [2.24, 2.45) is 5.92 Å². The van der Waals surface area contributed by atoms with Crippen molar-refractivity contribution >= 4 is 0 Å². The monoisotopic (exact) mass is 328 g/mol. The molecular weight excluding hydrogens is 284 g/mol. The Morgan fingerprint density at radius 1 is 0.957 bits per heavy atom. The van der Waals surface area contributed by atoms with E-state index in [-0.39, 0.29) is 0 Å². The summed E-state index contributed by atoms with van der Waals surface area (Å²) in [6, 6.07) is 0. The molecule has 0 aromatic heterocycles. The maximum atomic E-state index is 5.91. The van der Waals surface area contributed by atoms with Gasteiger partial charge in [0.1, 0.15) is 0 Å². The molecule has 2 aliphatic rings. The number of hydrogen-bond donors (Lipinski definition) is 0. The second kappa shape index (κ2) is 15.4. The van der Waals surface area contributed by atoms with Gasteiger partial charge in [0.15, 0.2) is 0 Å². The summed E-state index contributed by atoms with van der Waals surface area (Å²) in [5, 5.41) is 0. The molecule has 0 radical (unpaired) electrons. The third-order valence-electron chi connectivity index (χ3n) is 4.71. The minimum Gasteiger partial charge on any atom is -0.376 e. The van der Waals surface area contributed by atoms with Gasteiger partial charge in [-0.25, -0.2) is 0 Å². The van der Waals surface area contributed by atoms with Crippen molar-refractivity contribution in [2.45, 2.75) is 79.2 Å². The van der Waals surface area contributed by atoms with Crippen LogP contribution in [0, 0.1) is 5.92 Å². The molecule has 0 saturated carbocycles. The second-order valence-corrected chi connectivity index (χ2v) is 6.49. The highest BCUT2D eigenvalue weighted by Gasteiger charge is 2.24. The minimum absolute atomic E-state index is 0.506. The molecule has 2 rings (SSSR count). The molecule has 0 bridgehead atoms. The second-order valence-electron chi connectivity index (χ2n) is 6.49. The molecule has 0 spiro atoms. The quantitative estimate of drug-likeness (QED) is 0.659. The Bertz CT molecular complexity index is 240. The molecule has 140 valence electrons. The topological polar surface area (TPSA) is 15.7 Å². The Labute approximate surface area is 146 Å². The van der Waals surface area contributed by atoms with Gasteiger partial charge in [-0.1, -0.05) is 53.9 Å². The number of ether oxygens (including phenoxy) is 1. The van der Waals surface area contributed by atoms with Gasteiger partial charge in [-0.15, -0.1) is 0 Å². The molecular formula is C20H44N2O. The maximum Gasteiger partial charge on any atom is 0.0702 e. The molecule has 23 heavy (non-hydrogen) atoms. The molecule has 3 nitrogen and oxygen atoms in total. The number of morpholine rings is 1. The van der Waals surface area contributed by atoms with Gasteiger partial charge in [0.25, 0.3) is 0 Å². The van der Waals surface area contributed by atoms with E-state index in [2.05, 4.69) is 23.8 Å². The van der Waals surface area contributed by atoms with E-state index in [4.69, 9.17) is 4.74 Å². The SMILES string of the molecule is CC.CC.CCCCC[C@H]1CN(CC2CCN(C)CC2)CCO1. The van der Waals surface area contributed by atoms with Crippen LogP contribution in [-0.4, -0.2) is 62.3 Å². The summed E-state index contributed by atoms with van der Waals surface area (Å²) >= 11 is 0. The van der Waals surface area contributed by atoms with Gasteiger partial charge < -0.3 is 9.64 Å². The van der Waals surface area contributed by atoms with Crippen LogP contribution in [0.2, 0.25) is 0 Å². The number of rotatable bonds is 6. The predicted molar refractivity (Wildman–Crippen MR) is 103 cm³/mol. The van der Waals surface area contributed by atoms with Crippen LogP contribution in [0.25, 0.3) is 0 Å². The standard InChI is InChI=1S/C16H32N2O.2C2H6/c1-3-4-5-6-16-14-18(11-12-19-16)13-15-7-9-17(2)10-8-15;2*1-2/h15-16H,3-14H2,1-2H3;2*1-2H3/t16-;;/m0../s1. The third kappa shape index (κ3) is 10.4. The molecule has 0 aromatic carbocycles. The first-order chi connectivity index (χ1) is 11.3. The van der Waals surface area contributed by atoms with Crippen LogP contribution < -0.4 is 0 Å². The summed E-state index contributed by atoms with van der Waals surface area (Å²) in [5.41, 5.74) is 0. The van der Waals surface area contributed by atoms with Crippen molar-refractivity contribution in [1.29, 1.82) is 0 Å². The Morgan fingerprint density at radius 3 is 2.22 bits per heavy atom. The fraction of sp³-hybridized carbons (Fsp3) is 1.00. The summed E-state index contributed by atoms with van der Waals surface area (Å²) in [6.07, 6.45) is 8.54. The highest BCUT2D eigenvalue weighted by molar-refractivity contribution is 4.77. The van der Waals surface area contributed by atoms with Gasteiger partial charge in [0, 0.05) is 19.6 Å². The molecule has 3 heteroatoms. The first-order valence-corrected chi connectivity index (χ1v) is 10.3. The van der Waals surface area contributed by atoms with Crippen LogP contribution >= 0.6 is 0 Å².